The Morgan fingerprint density at radius 1 is 1.09 bits per heavy atom. The summed E-state index contributed by atoms with van der Waals surface area (Å²) < 4.78 is 7.28. The van der Waals surface area contributed by atoms with Crippen LogP contribution in [0.1, 0.15) is 5.69 Å². The third-order valence-electron chi connectivity index (χ3n) is 3.26. The zero-order valence-corrected chi connectivity index (χ0v) is 14.7. The van der Waals surface area contributed by atoms with Crippen LogP contribution in [0.4, 0.5) is 0 Å². The van der Waals surface area contributed by atoms with Crippen LogP contribution in [0.15, 0.2) is 65.7 Å². The highest BCUT2D eigenvalue weighted by molar-refractivity contribution is 7.98. The van der Waals surface area contributed by atoms with Gasteiger partial charge in [-0.05, 0) is 18.2 Å². The normalized spacial score (nSPS) is 11.2. The molecule has 1 aromatic heterocycles. The number of hydrogen-bond donors (Lipinski definition) is 0. The number of rotatable bonds is 7. The summed E-state index contributed by atoms with van der Waals surface area (Å²) in [6.07, 6.45) is 2.91. The maximum atomic E-state index is 5.39. The lowest BCUT2D eigenvalue weighted by Gasteiger charge is -2.06. The van der Waals surface area contributed by atoms with Gasteiger partial charge >= 0.3 is 0 Å². The third kappa shape index (κ3) is 4.57. The summed E-state index contributed by atoms with van der Waals surface area (Å²) >= 11 is 1.75. The molecule has 0 bridgehead atoms. The quantitative estimate of drug-likeness (QED) is 0.486. The number of para-hydroxylation sites is 1. The van der Waals surface area contributed by atoms with Gasteiger partial charge in [0, 0.05) is 22.6 Å². The molecule has 1 heterocycles. The average molecular weight is 343 g/mol. The van der Waals surface area contributed by atoms with Crippen LogP contribution in [0.3, 0.4) is 0 Å². The van der Waals surface area contributed by atoms with Gasteiger partial charge in [-0.15, -0.1) is 16.9 Å². The molecule has 0 aliphatic heterocycles. The average Bonchev–Trinajstić information content (AvgIpc) is 3.07. The Morgan fingerprint density at radius 3 is 2.70 bits per heavy atom. The van der Waals surface area contributed by atoms with Crippen molar-refractivity contribution in [2.75, 3.05) is 7.11 Å². The Balaban J connectivity index is 1.55. The van der Waals surface area contributed by atoms with E-state index >= 15 is 0 Å². The minimum atomic E-state index is 0.628. The molecule has 4 nitrogen and oxygen atoms in total. The highest BCUT2D eigenvalue weighted by Gasteiger charge is 2.05. The minimum absolute atomic E-state index is 0.628. The molecule has 1 atom stereocenters. The molecule has 1 unspecified atom stereocenters. The van der Waals surface area contributed by atoms with Crippen LogP contribution >= 0.6 is 20.3 Å². The molecule has 0 amide bonds. The molecule has 118 valence electrons. The molecule has 0 aliphatic rings. The van der Waals surface area contributed by atoms with E-state index in [9.17, 15) is 0 Å². The number of hydrogen-bond acceptors (Lipinski definition) is 4. The molecule has 3 rings (SSSR count). The maximum absolute atomic E-state index is 5.39. The van der Waals surface area contributed by atoms with Crippen molar-refractivity contribution < 1.29 is 4.74 Å². The highest BCUT2D eigenvalue weighted by atomic mass is 32.2. The van der Waals surface area contributed by atoms with Crippen molar-refractivity contribution in [2.24, 2.45) is 0 Å². The van der Waals surface area contributed by atoms with Crippen LogP contribution in [0, 0.1) is 0 Å². The molecule has 2 aromatic carbocycles. The zero-order chi connectivity index (χ0) is 15.9. The topological polar surface area (TPSA) is 39.9 Å². The second kappa shape index (κ2) is 8.14. The highest BCUT2D eigenvalue weighted by Crippen LogP contribution is 2.23. The van der Waals surface area contributed by atoms with Gasteiger partial charge < -0.3 is 4.74 Å². The van der Waals surface area contributed by atoms with E-state index in [1.807, 2.05) is 47.3 Å². The van der Waals surface area contributed by atoms with Gasteiger partial charge in [0.1, 0.15) is 5.75 Å². The monoisotopic (exact) mass is 343 g/mol. The molecule has 0 aliphatic carbocycles. The summed E-state index contributed by atoms with van der Waals surface area (Å²) in [5, 5.41) is 9.70. The lowest BCUT2D eigenvalue weighted by Crippen LogP contribution is -2.00. The Bertz CT molecular complexity index is 748. The van der Waals surface area contributed by atoms with Crippen molar-refractivity contribution in [3.63, 3.8) is 0 Å². The fourth-order valence-corrected chi connectivity index (χ4v) is 3.98. The summed E-state index contributed by atoms with van der Waals surface area (Å²) in [5.74, 6) is 1.72. The van der Waals surface area contributed by atoms with Gasteiger partial charge in [-0.25, -0.2) is 4.68 Å². The van der Waals surface area contributed by atoms with Gasteiger partial charge in [0.15, 0.2) is 0 Å². The van der Waals surface area contributed by atoms with Crippen LogP contribution in [0.2, 0.25) is 0 Å². The first-order valence-electron chi connectivity index (χ1n) is 7.29. The van der Waals surface area contributed by atoms with Crippen molar-refractivity contribution in [2.45, 2.75) is 16.9 Å². The van der Waals surface area contributed by atoms with E-state index in [4.69, 9.17) is 4.74 Å². The second-order valence-electron chi connectivity index (χ2n) is 4.89. The number of benzene rings is 2. The van der Waals surface area contributed by atoms with Crippen LogP contribution in [0.25, 0.3) is 0 Å². The maximum Gasteiger partial charge on any atom is 0.126 e. The van der Waals surface area contributed by atoms with Crippen LogP contribution in [-0.4, -0.2) is 22.1 Å². The zero-order valence-electron chi connectivity index (χ0n) is 12.8. The SMILES string of the molecule is COc1ccccc1PCc1cn(CSc2ccccc2)nn1. The minimum Gasteiger partial charge on any atom is -0.496 e. The van der Waals surface area contributed by atoms with Gasteiger partial charge in [0.05, 0.1) is 18.7 Å². The van der Waals surface area contributed by atoms with E-state index in [1.54, 1.807) is 18.9 Å². The summed E-state index contributed by atoms with van der Waals surface area (Å²) in [5.41, 5.74) is 1.02. The molecule has 0 spiro atoms. The Labute approximate surface area is 142 Å². The molecule has 0 saturated heterocycles. The van der Waals surface area contributed by atoms with E-state index in [2.05, 4.69) is 28.5 Å². The van der Waals surface area contributed by atoms with Crippen molar-refractivity contribution in [3.8, 4) is 5.75 Å². The largest absolute Gasteiger partial charge is 0.496 e. The Kier molecular flexibility index (Phi) is 5.67. The first-order valence-corrected chi connectivity index (χ1v) is 9.48. The van der Waals surface area contributed by atoms with E-state index < -0.39 is 0 Å². The molecule has 0 radical (unpaired) electrons. The smallest absolute Gasteiger partial charge is 0.126 e. The van der Waals surface area contributed by atoms with Crippen molar-refractivity contribution in [1.29, 1.82) is 0 Å². The standard InChI is InChI=1S/C17H18N3OPS/c1-21-16-9-5-6-10-17(16)22-12-14-11-20(19-18-14)13-23-15-7-3-2-4-8-15/h2-11,22H,12-13H2,1H3. The summed E-state index contributed by atoms with van der Waals surface area (Å²) in [6.45, 7) is 0. The molecule has 0 saturated carbocycles. The summed E-state index contributed by atoms with van der Waals surface area (Å²) in [7, 11) is 2.34. The fraction of sp³-hybridized carbons (Fsp3) is 0.176. The number of aromatic nitrogens is 3. The number of thioether (sulfide) groups is 1. The molecule has 3 aromatic rings. The van der Waals surface area contributed by atoms with Crippen molar-refractivity contribution in [1.82, 2.24) is 15.0 Å². The first kappa shape index (κ1) is 16.0. The molecule has 23 heavy (non-hydrogen) atoms. The first-order chi connectivity index (χ1) is 11.3. The van der Waals surface area contributed by atoms with Crippen LogP contribution in [0.5, 0.6) is 5.75 Å². The summed E-state index contributed by atoms with van der Waals surface area (Å²) in [4.78, 5) is 1.24. The number of ether oxygens (including phenoxy) is 1. The number of methoxy groups -OCH3 is 1. The van der Waals surface area contributed by atoms with Gasteiger partial charge in [-0.2, -0.15) is 0 Å². The van der Waals surface area contributed by atoms with Gasteiger partial charge in [-0.3, -0.25) is 0 Å². The molecular formula is C17H18N3OPS. The molecule has 0 fully saturated rings. The Morgan fingerprint density at radius 2 is 1.87 bits per heavy atom. The lowest BCUT2D eigenvalue weighted by molar-refractivity contribution is 0.418. The van der Waals surface area contributed by atoms with E-state index in [-0.39, 0.29) is 0 Å². The van der Waals surface area contributed by atoms with Crippen molar-refractivity contribution in [3.05, 3.63) is 66.5 Å². The van der Waals surface area contributed by atoms with Crippen molar-refractivity contribution >= 4 is 25.6 Å². The molecular weight excluding hydrogens is 325 g/mol. The Hall–Kier alpha value is -1.84. The fourth-order valence-electron chi connectivity index (χ4n) is 2.12. The predicted molar refractivity (Wildman–Crippen MR) is 97.0 cm³/mol. The van der Waals surface area contributed by atoms with Crippen LogP contribution in [-0.2, 0) is 12.0 Å². The van der Waals surface area contributed by atoms with Crippen LogP contribution < -0.4 is 10.0 Å². The van der Waals surface area contributed by atoms with E-state index in [0.29, 0.717) is 8.58 Å². The second-order valence-corrected chi connectivity index (χ2v) is 7.15. The van der Waals surface area contributed by atoms with Gasteiger partial charge in [-0.1, -0.05) is 50.2 Å². The lowest BCUT2D eigenvalue weighted by atomic mass is 10.3. The summed E-state index contributed by atoms with van der Waals surface area (Å²) in [6, 6.07) is 18.4. The number of nitrogens with zero attached hydrogens (tertiary/aromatic N) is 3. The van der Waals surface area contributed by atoms with Gasteiger partial charge in [0.2, 0.25) is 0 Å². The van der Waals surface area contributed by atoms with E-state index in [0.717, 1.165) is 23.5 Å². The predicted octanol–water partition coefficient (Wildman–Crippen LogP) is 3.54. The molecule has 0 N–H and O–H groups in total. The molecule has 6 heteroatoms. The third-order valence-corrected chi connectivity index (χ3v) is 5.59. The van der Waals surface area contributed by atoms with Gasteiger partial charge in [0.25, 0.3) is 0 Å². The van der Waals surface area contributed by atoms with E-state index in [1.165, 1.54) is 10.2 Å².